The highest BCUT2D eigenvalue weighted by molar-refractivity contribution is 7.87. The van der Waals surface area contributed by atoms with Gasteiger partial charge in [-0.1, -0.05) is 6.92 Å². The van der Waals surface area contributed by atoms with Crippen molar-refractivity contribution in [3.63, 3.8) is 0 Å². The van der Waals surface area contributed by atoms with Crippen molar-refractivity contribution in [1.82, 2.24) is 19.2 Å². The number of nitrogens with one attached hydrogen (secondary N) is 2. The highest BCUT2D eigenvalue weighted by atomic mass is 32.2. The van der Waals surface area contributed by atoms with E-state index < -0.39 is 10.2 Å². The molecule has 1 unspecified atom stereocenters. The van der Waals surface area contributed by atoms with Gasteiger partial charge in [0.1, 0.15) is 0 Å². The van der Waals surface area contributed by atoms with E-state index in [9.17, 15) is 8.42 Å². The quantitative estimate of drug-likeness (QED) is 0.562. The summed E-state index contributed by atoms with van der Waals surface area (Å²) in [6.07, 6.45) is 3.01. The van der Waals surface area contributed by atoms with E-state index in [2.05, 4.69) is 28.9 Å². The Morgan fingerprint density at radius 3 is 2.70 bits per heavy atom. The fraction of sp³-hybridized carbons (Fsp3) is 1.00. The van der Waals surface area contributed by atoms with Crippen LogP contribution in [0.15, 0.2) is 0 Å². The van der Waals surface area contributed by atoms with Crippen molar-refractivity contribution >= 4 is 10.2 Å². The van der Waals surface area contributed by atoms with Crippen molar-refractivity contribution in [3.05, 3.63) is 0 Å². The second-order valence-corrected chi connectivity index (χ2v) is 7.56. The minimum absolute atomic E-state index is 0.439. The van der Waals surface area contributed by atoms with Gasteiger partial charge < -0.3 is 10.2 Å². The maximum Gasteiger partial charge on any atom is 0.279 e. The topological polar surface area (TPSA) is 64.7 Å². The largest absolute Gasteiger partial charge is 0.317 e. The molecule has 0 aromatic rings. The Kier molecular flexibility index (Phi) is 7.98. The van der Waals surface area contributed by atoms with Gasteiger partial charge in [0, 0.05) is 26.7 Å². The third kappa shape index (κ3) is 6.49. The van der Waals surface area contributed by atoms with Crippen molar-refractivity contribution < 1.29 is 8.42 Å². The third-order valence-corrected chi connectivity index (χ3v) is 5.24. The van der Waals surface area contributed by atoms with Crippen LogP contribution in [0.1, 0.15) is 26.2 Å². The molecular formula is C13H30N4O2S. The molecule has 20 heavy (non-hydrogen) atoms. The Hall–Kier alpha value is -0.210. The molecule has 0 aromatic carbocycles. The lowest BCUT2D eigenvalue weighted by Crippen LogP contribution is -2.41. The molecule has 0 saturated carbocycles. The first-order valence-electron chi connectivity index (χ1n) is 7.56. The summed E-state index contributed by atoms with van der Waals surface area (Å²) < 4.78 is 28.3. The molecule has 1 atom stereocenters. The first-order valence-corrected chi connectivity index (χ1v) is 9.00. The summed E-state index contributed by atoms with van der Waals surface area (Å²) in [7, 11) is 0.394. The van der Waals surface area contributed by atoms with Gasteiger partial charge in [0.25, 0.3) is 10.2 Å². The van der Waals surface area contributed by atoms with Gasteiger partial charge in [-0.2, -0.15) is 12.7 Å². The second kappa shape index (κ2) is 8.94. The second-order valence-electron chi connectivity index (χ2n) is 5.70. The Balaban J connectivity index is 2.21. The van der Waals surface area contributed by atoms with Crippen LogP contribution in [-0.4, -0.2) is 71.0 Å². The predicted molar refractivity (Wildman–Crippen MR) is 82.9 cm³/mol. The van der Waals surface area contributed by atoms with Crippen molar-refractivity contribution in [2.24, 2.45) is 5.92 Å². The van der Waals surface area contributed by atoms with Gasteiger partial charge in [0.2, 0.25) is 0 Å². The van der Waals surface area contributed by atoms with E-state index in [-0.39, 0.29) is 0 Å². The standard InChI is InChI=1S/C13H30N4O2S/c1-4-7-14-8-5-9-17(3)20(18,19)15-11-13-6-10-16(2)12-13/h13-15H,4-12H2,1-3H3. The van der Waals surface area contributed by atoms with Gasteiger partial charge in [-0.15, -0.1) is 0 Å². The van der Waals surface area contributed by atoms with Gasteiger partial charge in [0.15, 0.2) is 0 Å². The average molecular weight is 306 g/mol. The van der Waals surface area contributed by atoms with Crippen LogP contribution in [0.4, 0.5) is 0 Å². The molecule has 2 N–H and O–H groups in total. The zero-order valence-corrected chi connectivity index (χ0v) is 13.9. The summed E-state index contributed by atoms with van der Waals surface area (Å²) in [4.78, 5) is 2.24. The Morgan fingerprint density at radius 1 is 1.35 bits per heavy atom. The summed E-state index contributed by atoms with van der Waals surface area (Å²) in [5.74, 6) is 0.439. The maximum atomic E-state index is 12.1. The van der Waals surface area contributed by atoms with Gasteiger partial charge in [-0.25, -0.2) is 4.72 Å². The molecule has 0 spiro atoms. The van der Waals surface area contributed by atoms with Crippen molar-refractivity contribution in [1.29, 1.82) is 0 Å². The van der Waals surface area contributed by atoms with E-state index >= 15 is 0 Å². The molecule has 1 heterocycles. The Labute approximate surface area is 124 Å². The molecule has 0 bridgehead atoms. The molecule has 120 valence electrons. The summed E-state index contributed by atoms with van der Waals surface area (Å²) in [5, 5.41) is 3.28. The highest BCUT2D eigenvalue weighted by Crippen LogP contribution is 2.13. The minimum atomic E-state index is -3.32. The lowest BCUT2D eigenvalue weighted by Gasteiger charge is -2.19. The molecule has 1 aliphatic heterocycles. The van der Waals surface area contributed by atoms with Gasteiger partial charge >= 0.3 is 0 Å². The number of hydrogen-bond donors (Lipinski definition) is 2. The first-order chi connectivity index (χ1) is 9.45. The zero-order chi connectivity index (χ0) is 15.0. The molecular weight excluding hydrogens is 276 g/mol. The lowest BCUT2D eigenvalue weighted by atomic mass is 10.1. The summed E-state index contributed by atoms with van der Waals surface area (Å²) >= 11 is 0. The van der Waals surface area contributed by atoms with E-state index in [1.54, 1.807) is 7.05 Å². The normalized spacial score (nSPS) is 20.9. The van der Waals surface area contributed by atoms with Crippen molar-refractivity contribution in [3.8, 4) is 0 Å². The summed E-state index contributed by atoms with van der Waals surface area (Å²) in [6.45, 7) is 7.11. The molecule has 6 nitrogen and oxygen atoms in total. The monoisotopic (exact) mass is 306 g/mol. The van der Waals surface area contributed by atoms with Crippen LogP contribution >= 0.6 is 0 Å². The van der Waals surface area contributed by atoms with Gasteiger partial charge in [-0.05, 0) is 51.9 Å². The molecule has 1 rings (SSSR count). The SMILES string of the molecule is CCCNCCCN(C)S(=O)(=O)NCC1CCN(C)C1. The van der Waals surface area contributed by atoms with Crippen LogP contribution in [0.5, 0.6) is 0 Å². The number of hydrogen-bond acceptors (Lipinski definition) is 4. The van der Waals surface area contributed by atoms with Crippen LogP contribution in [0.3, 0.4) is 0 Å². The van der Waals surface area contributed by atoms with E-state index in [1.165, 1.54) is 4.31 Å². The molecule has 0 radical (unpaired) electrons. The molecule has 1 fully saturated rings. The van der Waals surface area contributed by atoms with Gasteiger partial charge in [0.05, 0.1) is 0 Å². The number of likely N-dealkylation sites (tertiary alicyclic amines) is 1. The van der Waals surface area contributed by atoms with Crippen LogP contribution in [0.2, 0.25) is 0 Å². The molecule has 1 saturated heterocycles. The van der Waals surface area contributed by atoms with Crippen LogP contribution in [0.25, 0.3) is 0 Å². The molecule has 0 aliphatic carbocycles. The highest BCUT2D eigenvalue weighted by Gasteiger charge is 2.23. The smallest absolute Gasteiger partial charge is 0.279 e. The molecule has 0 amide bonds. The Morgan fingerprint density at radius 2 is 2.10 bits per heavy atom. The van der Waals surface area contributed by atoms with Crippen molar-refractivity contribution in [2.45, 2.75) is 26.2 Å². The van der Waals surface area contributed by atoms with E-state index in [0.29, 0.717) is 19.0 Å². The molecule has 1 aliphatic rings. The molecule has 7 heteroatoms. The van der Waals surface area contributed by atoms with Crippen LogP contribution < -0.4 is 10.0 Å². The first kappa shape index (κ1) is 17.8. The third-order valence-electron chi connectivity index (χ3n) is 3.71. The van der Waals surface area contributed by atoms with E-state index in [1.807, 2.05) is 0 Å². The fourth-order valence-corrected chi connectivity index (χ4v) is 3.41. The maximum absolute atomic E-state index is 12.1. The van der Waals surface area contributed by atoms with Crippen LogP contribution in [0, 0.1) is 5.92 Å². The average Bonchev–Trinajstić information content (AvgIpc) is 2.82. The molecule has 0 aromatic heterocycles. The van der Waals surface area contributed by atoms with E-state index in [0.717, 1.165) is 45.4 Å². The van der Waals surface area contributed by atoms with E-state index in [4.69, 9.17) is 0 Å². The van der Waals surface area contributed by atoms with Crippen LogP contribution in [-0.2, 0) is 10.2 Å². The predicted octanol–water partition coefficient (Wildman–Crippen LogP) is 0.0940. The minimum Gasteiger partial charge on any atom is -0.317 e. The number of nitrogens with zero attached hydrogens (tertiary/aromatic N) is 2. The summed E-state index contributed by atoms with van der Waals surface area (Å²) in [5.41, 5.74) is 0. The number of rotatable bonds is 10. The fourth-order valence-electron chi connectivity index (χ4n) is 2.37. The summed E-state index contributed by atoms with van der Waals surface area (Å²) in [6, 6.07) is 0. The Bertz CT molecular complexity index is 361. The zero-order valence-electron chi connectivity index (χ0n) is 13.1. The van der Waals surface area contributed by atoms with Gasteiger partial charge in [-0.3, -0.25) is 0 Å². The lowest BCUT2D eigenvalue weighted by molar-refractivity contribution is 0.390. The van der Waals surface area contributed by atoms with Crippen molar-refractivity contribution in [2.75, 3.05) is 53.4 Å².